The lowest BCUT2D eigenvalue weighted by Crippen LogP contribution is -2.30. The van der Waals surface area contributed by atoms with E-state index in [4.69, 9.17) is 0 Å². The standard InChI is InChI=1S/2C19H21FN2O/c2*1-3-19(23)22-18-6-4-5-14-15(10-21-11-16(14)18)13-7-8-17(20)12(2)9-13/h2*7-11,18H,3-6H2,1-2H3,(H,22,23). The van der Waals surface area contributed by atoms with Crippen LogP contribution in [0.2, 0.25) is 0 Å². The molecule has 2 amide bonds. The molecule has 2 aromatic heterocycles. The average Bonchev–Trinajstić information content (AvgIpc) is 3.07. The van der Waals surface area contributed by atoms with Gasteiger partial charge in [0.1, 0.15) is 11.6 Å². The molecule has 6 rings (SSSR count). The highest BCUT2D eigenvalue weighted by atomic mass is 19.1. The normalized spacial score (nSPS) is 16.7. The number of rotatable bonds is 6. The maximum absolute atomic E-state index is 13.5. The summed E-state index contributed by atoms with van der Waals surface area (Å²) in [6.07, 6.45) is 14.2. The van der Waals surface area contributed by atoms with Crippen molar-refractivity contribution in [1.29, 1.82) is 0 Å². The van der Waals surface area contributed by atoms with Gasteiger partial charge in [0.25, 0.3) is 0 Å². The Morgan fingerprint density at radius 3 is 1.48 bits per heavy atom. The summed E-state index contributed by atoms with van der Waals surface area (Å²) in [5.41, 5.74) is 9.94. The topological polar surface area (TPSA) is 84.0 Å². The van der Waals surface area contributed by atoms with Gasteiger partial charge in [0.2, 0.25) is 11.8 Å². The zero-order valence-corrected chi connectivity index (χ0v) is 27.1. The van der Waals surface area contributed by atoms with E-state index in [-0.39, 0.29) is 35.5 Å². The van der Waals surface area contributed by atoms with E-state index in [0.717, 1.165) is 71.9 Å². The molecule has 2 unspecified atom stereocenters. The first kappa shape index (κ1) is 32.9. The van der Waals surface area contributed by atoms with Crippen LogP contribution in [0.3, 0.4) is 0 Å². The quantitative estimate of drug-likeness (QED) is 0.227. The first-order valence-corrected chi connectivity index (χ1v) is 16.2. The van der Waals surface area contributed by atoms with Crippen molar-refractivity contribution in [3.05, 3.63) is 106 Å². The van der Waals surface area contributed by atoms with E-state index in [0.29, 0.717) is 24.0 Å². The van der Waals surface area contributed by atoms with Crippen LogP contribution in [0.4, 0.5) is 8.78 Å². The lowest BCUT2D eigenvalue weighted by Gasteiger charge is -2.27. The SMILES string of the molecule is CCC(=O)NC1CCCc2c(-c3ccc(F)c(C)c3)cncc21.CCC(=O)NC1CCCc2c(-c3ccc(F)c(C)c3)cncc21. The van der Waals surface area contributed by atoms with Gasteiger partial charge in [0.05, 0.1) is 12.1 Å². The van der Waals surface area contributed by atoms with Crippen LogP contribution >= 0.6 is 0 Å². The smallest absolute Gasteiger partial charge is 0.220 e. The Labute approximate surface area is 270 Å². The van der Waals surface area contributed by atoms with Crippen molar-refractivity contribution in [1.82, 2.24) is 20.6 Å². The average molecular weight is 625 g/mol. The molecule has 6 nitrogen and oxygen atoms in total. The number of fused-ring (bicyclic) bond motifs is 2. The molecule has 0 bridgehead atoms. The van der Waals surface area contributed by atoms with Gasteiger partial charge in [-0.1, -0.05) is 26.0 Å². The zero-order chi connectivity index (χ0) is 32.8. The summed E-state index contributed by atoms with van der Waals surface area (Å²) in [6.45, 7) is 7.25. The van der Waals surface area contributed by atoms with Gasteiger partial charge in [-0.15, -0.1) is 0 Å². The Morgan fingerprint density at radius 1 is 0.696 bits per heavy atom. The van der Waals surface area contributed by atoms with Crippen LogP contribution in [-0.2, 0) is 22.4 Å². The summed E-state index contributed by atoms with van der Waals surface area (Å²) in [7, 11) is 0. The van der Waals surface area contributed by atoms with Crippen LogP contribution in [0.15, 0.2) is 61.2 Å². The summed E-state index contributed by atoms with van der Waals surface area (Å²) < 4.78 is 27.1. The van der Waals surface area contributed by atoms with Crippen molar-refractivity contribution < 1.29 is 18.4 Å². The number of benzene rings is 2. The number of carbonyl (C=O) groups excluding carboxylic acids is 2. The number of aromatic nitrogens is 2. The zero-order valence-electron chi connectivity index (χ0n) is 27.1. The third kappa shape index (κ3) is 7.33. The largest absolute Gasteiger partial charge is 0.349 e. The minimum atomic E-state index is -0.195. The highest BCUT2D eigenvalue weighted by Gasteiger charge is 2.25. The van der Waals surface area contributed by atoms with Gasteiger partial charge in [-0.2, -0.15) is 0 Å². The molecule has 0 radical (unpaired) electrons. The first-order valence-electron chi connectivity index (χ1n) is 16.2. The molecule has 240 valence electrons. The van der Waals surface area contributed by atoms with E-state index >= 15 is 0 Å². The van der Waals surface area contributed by atoms with Crippen molar-refractivity contribution in [3.63, 3.8) is 0 Å². The number of halogens is 2. The maximum Gasteiger partial charge on any atom is 0.220 e. The van der Waals surface area contributed by atoms with Gasteiger partial charge in [0.15, 0.2) is 0 Å². The van der Waals surface area contributed by atoms with E-state index in [9.17, 15) is 18.4 Å². The van der Waals surface area contributed by atoms with Crippen molar-refractivity contribution >= 4 is 11.8 Å². The molecule has 2 aromatic carbocycles. The molecule has 8 heteroatoms. The van der Waals surface area contributed by atoms with Gasteiger partial charge < -0.3 is 10.6 Å². The fourth-order valence-corrected chi connectivity index (χ4v) is 6.46. The lowest BCUT2D eigenvalue weighted by molar-refractivity contribution is -0.122. The third-order valence-corrected chi connectivity index (χ3v) is 9.02. The van der Waals surface area contributed by atoms with Crippen molar-refractivity contribution in [2.45, 2.75) is 91.1 Å². The van der Waals surface area contributed by atoms with Crippen molar-refractivity contribution in [2.24, 2.45) is 0 Å². The van der Waals surface area contributed by atoms with Gasteiger partial charge in [0, 0.05) is 48.8 Å². The highest BCUT2D eigenvalue weighted by Crippen LogP contribution is 2.37. The van der Waals surface area contributed by atoms with Crippen LogP contribution in [0.5, 0.6) is 0 Å². The Balaban J connectivity index is 0.000000181. The summed E-state index contributed by atoms with van der Waals surface area (Å²) in [4.78, 5) is 32.2. The minimum Gasteiger partial charge on any atom is -0.349 e. The number of hydrogen-bond acceptors (Lipinski definition) is 4. The molecule has 0 saturated carbocycles. The predicted octanol–water partition coefficient (Wildman–Crippen LogP) is 8.20. The summed E-state index contributed by atoms with van der Waals surface area (Å²) in [5, 5.41) is 6.17. The summed E-state index contributed by atoms with van der Waals surface area (Å²) >= 11 is 0. The number of aryl methyl sites for hydroxylation is 2. The minimum absolute atomic E-state index is 0.0280. The van der Waals surface area contributed by atoms with Crippen LogP contribution < -0.4 is 10.6 Å². The van der Waals surface area contributed by atoms with E-state index in [1.807, 2.05) is 50.8 Å². The molecule has 2 aliphatic carbocycles. The molecule has 2 N–H and O–H groups in total. The number of pyridine rings is 2. The lowest BCUT2D eigenvalue weighted by atomic mass is 9.84. The molecule has 0 saturated heterocycles. The molecule has 2 atom stereocenters. The monoisotopic (exact) mass is 624 g/mol. The fourth-order valence-electron chi connectivity index (χ4n) is 6.46. The van der Waals surface area contributed by atoms with Gasteiger partial charge in [-0.25, -0.2) is 8.78 Å². The molecule has 0 aliphatic heterocycles. The number of nitrogens with one attached hydrogen (secondary N) is 2. The molecule has 2 heterocycles. The van der Waals surface area contributed by atoms with E-state index in [2.05, 4.69) is 20.6 Å². The fraction of sp³-hybridized carbons (Fsp3) is 0.368. The highest BCUT2D eigenvalue weighted by molar-refractivity contribution is 5.77. The second kappa shape index (κ2) is 14.8. The number of amides is 2. The summed E-state index contributed by atoms with van der Waals surface area (Å²) in [6, 6.07) is 10.4. The van der Waals surface area contributed by atoms with Crippen LogP contribution in [0, 0.1) is 25.5 Å². The molecule has 2 aliphatic rings. The second-order valence-electron chi connectivity index (χ2n) is 12.2. The molecule has 46 heavy (non-hydrogen) atoms. The molecular formula is C38H42F2N4O2. The van der Waals surface area contributed by atoms with Crippen molar-refractivity contribution in [2.75, 3.05) is 0 Å². The Bertz CT molecular complexity index is 1610. The molecule has 0 spiro atoms. The van der Waals surface area contributed by atoms with Gasteiger partial charge >= 0.3 is 0 Å². The van der Waals surface area contributed by atoms with E-state index < -0.39 is 0 Å². The maximum atomic E-state index is 13.5. The summed E-state index contributed by atoms with van der Waals surface area (Å²) in [5.74, 6) is -0.268. The Morgan fingerprint density at radius 2 is 1.11 bits per heavy atom. The van der Waals surface area contributed by atoms with Crippen LogP contribution in [0.1, 0.15) is 97.8 Å². The number of carbonyl (C=O) groups is 2. The number of hydrogen-bond donors (Lipinski definition) is 2. The predicted molar refractivity (Wildman–Crippen MR) is 177 cm³/mol. The van der Waals surface area contributed by atoms with Crippen LogP contribution in [0.25, 0.3) is 22.3 Å². The van der Waals surface area contributed by atoms with Crippen molar-refractivity contribution in [3.8, 4) is 22.3 Å². The first-order chi connectivity index (χ1) is 22.2. The Hall–Kier alpha value is -4.46. The third-order valence-electron chi connectivity index (χ3n) is 9.02. The number of nitrogens with zero attached hydrogens (tertiary/aromatic N) is 2. The van der Waals surface area contributed by atoms with E-state index in [1.165, 1.54) is 23.3 Å². The van der Waals surface area contributed by atoms with Gasteiger partial charge in [-0.3, -0.25) is 19.6 Å². The molecule has 4 aromatic rings. The van der Waals surface area contributed by atoms with E-state index in [1.54, 1.807) is 26.0 Å². The molecule has 0 fully saturated rings. The van der Waals surface area contributed by atoms with Gasteiger partial charge in [-0.05, 0) is 121 Å². The molecular weight excluding hydrogens is 582 g/mol. The Kier molecular flexibility index (Phi) is 10.6. The van der Waals surface area contributed by atoms with Crippen LogP contribution in [-0.4, -0.2) is 21.8 Å². The second-order valence-corrected chi connectivity index (χ2v) is 12.2.